The van der Waals surface area contributed by atoms with Crippen molar-refractivity contribution in [1.82, 2.24) is 4.90 Å². The van der Waals surface area contributed by atoms with Crippen molar-refractivity contribution in [1.29, 1.82) is 0 Å². The molecule has 12 heavy (non-hydrogen) atoms. The summed E-state index contributed by atoms with van der Waals surface area (Å²) in [5.74, 6) is 0. The van der Waals surface area contributed by atoms with Crippen molar-refractivity contribution in [2.45, 2.75) is 46.1 Å². The van der Waals surface area contributed by atoms with Gasteiger partial charge in [-0.2, -0.15) is 0 Å². The first-order chi connectivity index (χ1) is 5.76. The van der Waals surface area contributed by atoms with Crippen LogP contribution in [0.15, 0.2) is 0 Å². The highest BCUT2D eigenvalue weighted by Gasteiger charge is 2.09. The van der Waals surface area contributed by atoms with E-state index in [1.165, 1.54) is 19.4 Å². The Morgan fingerprint density at radius 3 is 2.42 bits per heavy atom. The molecular weight excluding hydrogens is 148 g/mol. The maximum atomic E-state index is 5.52. The smallest absolute Gasteiger partial charge is 0.00788 e. The summed E-state index contributed by atoms with van der Waals surface area (Å²) in [5.41, 5.74) is 5.52. The minimum Gasteiger partial charge on any atom is -0.330 e. The Labute approximate surface area is 77.1 Å². The van der Waals surface area contributed by atoms with Crippen LogP contribution in [0.25, 0.3) is 0 Å². The minimum atomic E-state index is 0.659. The van der Waals surface area contributed by atoms with Crippen LogP contribution in [0.4, 0.5) is 0 Å². The van der Waals surface area contributed by atoms with E-state index in [1.54, 1.807) is 0 Å². The molecule has 0 radical (unpaired) electrons. The fourth-order valence-electron chi connectivity index (χ4n) is 1.48. The molecule has 2 heteroatoms. The number of rotatable bonds is 7. The Hall–Kier alpha value is -0.0800. The molecule has 0 aromatic carbocycles. The van der Waals surface area contributed by atoms with Crippen LogP contribution in [0, 0.1) is 0 Å². The summed E-state index contributed by atoms with van der Waals surface area (Å²) in [4.78, 5) is 2.51. The molecule has 0 aliphatic heterocycles. The quantitative estimate of drug-likeness (QED) is 0.635. The molecule has 2 nitrogen and oxygen atoms in total. The van der Waals surface area contributed by atoms with Crippen molar-refractivity contribution in [3.63, 3.8) is 0 Å². The molecular formula is C10H24N2. The molecule has 74 valence electrons. The highest BCUT2D eigenvalue weighted by molar-refractivity contribution is 4.65. The van der Waals surface area contributed by atoms with E-state index in [2.05, 4.69) is 25.7 Å². The largest absolute Gasteiger partial charge is 0.330 e. The zero-order valence-electron chi connectivity index (χ0n) is 8.84. The first kappa shape index (κ1) is 11.9. The summed E-state index contributed by atoms with van der Waals surface area (Å²) < 4.78 is 0. The van der Waals surface area contributed by atoms with Gasteiger partial charge in [-0.1, -0.05) is 20.3 Å². The Bertz CT molecular complexity index is 93.8. The van der Waals surface area contributed by atoms with Crippen LogP contribution >= 0.6 is 0 Å². The lowest BCUT2D eigenvalue weighted by Gasteiger charge is -2.27. The first-order valence-corrected chi connectivity index (χ1v) is 5.20. The van der Waals surface area contributed by atoms with E-state index in [-0.39, 0.29) is 0 Å². The summed E-state index contributed by atoms with van der Waals surface area (Å²) in [6.45, 7) is 9.93. The van der Waals surface area contributed by atoms with Gasteiger partial charge in [0.1, 0.15) is 0 Å². The number of nitrogens with zero attached hydrogens (tertiary/aromatic N) is 1. The lowest BCUT2D eigenvalue weighted by molar-refractivity contribution is 0.209. The van der Waals surface area contributed by atoms with Crippen LogP contribution in [0.2, 0.25) is 0 Å². The topological polar surface area (TPSA) is 29.3 Å². The van der Waals surface area contributed by atoms with Crippen molar-refractivity contribution >= 4 is 0 Å². The molecule has 0 aromatic rings. The summed E-state index contributed by atoms with van der Waals surface area (Å²) in [6.07, 6.45) is 3.71. The van der Waals surface area contributed by atoms with Gasteiger partial charge in [-0.3, -0.25) is 0 Å². The van der Waals surface area contributed by atoms with E-state index in [0.717, 1.165) is 19.5 Å². The second-order valence-corrected chi connectivity index (χ2v) is 3.41. The number of hydrogen-bond acceptors (Lipinski definition) is 2. The predicted octanol–water partition coefficient (Wildman–Crippen LogP) is 1.85. The van der Waals surface area contributed by atoms with E-state index in [0.29, 0.717) is 6.04 Å². The normalized spacial score (nSPS) is 13.8. The second-order valence-electron chi connectivity index (χ2n) is 3.41. The molecule has 0 aromatic heterocycles. The zero-order chi connectivity index (χ0) is 9.40. The van der Waals surface area contributed by atoms with Crippen molar-refractivity contribution in [2.24, 2.45) is 5.73 Å². The summed E-state index contributed by atoms with van der Waals surface area (Å²) in [7, 11) is 0. The third-order valence-electron chi connectivity index (χ3n) is 2.41. The lowest BCUT2D eigenvalue weighted by atomic mass is 10.2. The number of unbranched alkanes of at least 4 members (excludes halogenated alkanes) is 1. The van der Waals surface area contributed by atoms with Crippen molar-refractivity contribution in [3.8, 4) is 0 Å². The van der Waals surface area contributed by atoms with Gasteiger partial charge in [0.25, 0.3) is 0 Å². The van der Waals surface area contributed by atoms with Gasteiger partial charge in [0.05, 0.1) is 0 Å². The standard InChI is InChI=1S/C10H24N2/c1-4-6-9-12(5-2)10(3)7-8-11/h10H,4-9,11H2,1-3H3. The van der Waals surface area contributed by atoms with E-state index >= 15 is 0 Å². The number of nitrogens with two attached hydrogens (primary N) is 1. The predicted molar refractivity (Wildman–Crippen MR) is 55.3 cm³/mol. The summed E-state index contributed by atoms with van der Waals surface area (Å²) >= 11 is 0. The van der Waals surface area contributed by atoms with Gasteiger partial charge in [0.2, 0.25) is 0 Å². The number of hydrogen-bond donors (Lipinski definition) is 1. The molecule has 0 amide bonds. The van der Waals surface area contributed by atoms with Gasteiger partial charge in [0, 0.05) is 6.04 Å². The van der Waals surface area contributed by atoms with Gasteiger partial charge in [-0.05, 0) is 39.4 Å². The average molecular weight is 172 g/mol. The molecule has 1 unspecified atom stereocenters. The molecule has 2 N–H and O–H groups in total. The van der Waals surface area contributed by atoms with E-state index in [9.17, 15) is 0 Å². The van der Waals surface area contributed by atoms with E-state index in [1.807, 2.05) is 0 Å². The van der Waals surface area contributed by atoms with E-state index in [4.69, 9.17) is 5.73 Å². The molecule has 0 heterocycles. The summed E-state index contributed by atoms with van der Waals surface area (Å²) in [6, 6.07) is 0.659. The average Bonchev–Trinajstić information content (AvgIpc) is 2.06. The van der Waals surface area contributed by atoms with Crippen LogP contribution in [0.1, 0.15) is 40.0 Å². The molecule has 0 aliphatic rings. The third kappa shape index (κ3) is 4.73. The monoisotopic (exact) mass is 172 g/mol. The van der Waals surface area contributed by atoms with Gasteiger partial charge in [-0.15, -0.1) is 0 Å². The van der Waals surface area contributed by atoms with Crippen LogP contribution in [-0.2, 0) is 0 Å². The van der Waals surface area contributed by atoms with E-state index < -0.39 is 0 Å². The molecule has 0 rings (SSSR count). The summed E-state index contributed by atoms with van der Waals surface area (Å²) in [5, 5.41) is 0. The third-order valence-corrected chi connectivity index (χ3v) is 2.41. The maximum Gasteiger partial charge on any atom is 0.00788 e. The Morgan fingerprint density at radius 2 is 2.00 bits per heavy atom. The maximum absolute atomic E-state index is 5.52. The first-order valence-electron chi connectivity index (χ1n) is 5.20. The van der Waals surface area contributed by atoms with Gasteiger partial charge in [0.15, 0.2) is 0 Å². The minimum absolute atomic E-state index is 0.659. The molecule has 0 spiro atoms. The Balaban J connectivity index is 3.62. The Morgan fingerprint density at radius 1 is 1.33 bits per heavy atom. The van der Waals surface area contributed by atoms with Crippen LogP contribution < -0.4 is 5.73 Å². The van der Waals surface area contributed by atoms with Crippen LogP contribution in [0.3, 0.4) is 0 Å². The molecule has 0 aliphatic carbocycles. The van der Waals surface area contributed by atoms with Crippen LogP contribution in [-0.4, -0.2) is 30.6 Å². The van der Waals surface area contributed by atoms with Crippen molar-refractivity contribution in [2.75, 3.05) is 19.6 Å². The SMILES string of the molecule is CCCCN(CC)C(C)CCN. The molecule has 0 saturated carbocycles. The second kappa shape index (κ2) is 7.56. The van der Waals surface area contributed by atoms with Crippen molar-refractivity contribution in [3.05, 3.63) is 0 Å². The lowest BCUT2D eigenvalue weighted by Crippen LogP contribution is -2.35. The molecule has 0 saturated heterocycles. The highest BCUT2D eigenvalue weighted by atomic mass is 15.1. The molecule has 0 fully saturated rings. The fraction of sp³-hybridized carbons (Fsp3) is 1.00. The molecule has 0 bridgehead atoms. The van der Waals surface area contributed by atoms with Gasteiger partial charge in [-0.25, -0.2) is 0 Å². The van der Waals surface area contributed by atoms with Gasteiger partial charge < -0.3 is 10.6 Å². The fourth-order valence-corrected chi connectivity index (χ4v) is 1.48. The zero-order valence-corrected chi connectivity index (χ0v) is 8.84. The highest BCUT2D eigenvalue weighted by Crippen LogP contribution is 2.04. The molecule has 1 atom stereocenters. The van der Waals surface area contributed by atoms with Crippen molar-refractivity contribution < 1.29 is 0 Å². The van der Waals surface area contributed by atoms with Gasteiger partial charge >= 0.3 is 0 Å². The van der Waals surface area contributed by atoms with Crippen LogP contribution in [0.5, 0.6) is 0 Å². The Kier molecular flexibility index (Phi) is 7.51.